The van der Waals surface area contributed by atoms with Crippen molar-refractivity contribution in [3.05, 3.63) is 24.3 Å². The summed E-state index contributed by atoms with van der Waals surface area (Å²) in [6.45, 7) is 4.84. The third-order valence-corrected chi connectivity index (χ3v) is 11.0. The van der Waals surface area contributed by atoms with Crippen LogP contribution in [0.1, 0.15) is 251 Å². The Morgan fingerprint density at radius 3 is 1.29 bits per heavy atom. The van der Waals surface area contributed by atoms with E-state index in [1.165, 1.54) is 167 Å². The molecule has 0 saturated heterocycles. The van der Waals surface area contributed by atoms with Crippen molar-refractivity contribution in [3.63, 3.8) is 0 Å². The zero-order chi connectivity index (χ0) is 40.1. The highest BCUT2D eigenvalue weighted by molar-refractivity contribution is 5.76. The van der Waals surface area contributed by atoms with Crippen LogP contribution in [0.15, 0.2) is 24.3 Å². The number of allylic oxidation sites excluding steroid dienone is 3. The molecule has 1 amide bonds. The molecule has 0 aliphatic carbocycles. The number of carbonyl (C=O) groups excluding carboxylic acids is 2. The van der Waals surface area contributed by atoms with Crippen molar-refractivity contribution in [1.29, 1.82) is 0 Å². The van der Waals surface area contributed by atoms with Crippen LogP contribution in [0, 0.1) is 0 Å². The summed E-state index contributed by atoms with van der Waals surface area (Å²) < 4.78 is 5.45. The number of carbonyl (C=O) groups is 2. The quantitative estimate of drug-likeness (QED) is 0.0325. The predicted octanol–water partition coefficient (Wildman–Crippen LogP) is 14.0. The van der Waals surface area contributed by atoms with Gasteiger partial charge in [0.2, 0.25) is 5.91 Å². The van der Waals surface area contributed by atoms with E-state index < -0.39 is 12.1 Å². The lowest BCUT2D eigenvalue weighted by molar-refractivity contribution is -0.143. The molecule has 0 aliphatic heterocycles. The fraction of sp³-hybridized carbons (Fsp3) is 0.878. The molecule has 0 fully saturated rings. The Hall–Kier alpha value is -1.66. The molecule has 0 spiro atoms. The van der Waals surface area contributed by atoms with Crippen LogP contribution in [-0.4, -0.2) is 47.4 Å². The maximum absolute atomic E-state index is 12.4. The first-order valence-corrected chi connectivity index (χ1v) is 24.1. The van der Waals surface area contributed by atoms with E-state index in [1.807, 2.05) is 6.08 Å². The summed E-state index contributed by atoms with van der Waals surface area (Å²) in [5.41, 5.74) is 0. The van der Waals surface area contributed by atoms with Crippen molar-refractivity contribution in [2.75, 3.05) is 13.2 Å². The molecule has 2 unspecified atom stereocenters. The summed E-state index contributed by atoms with van der Waals surface area (Å²) in [7, 11) is 0. The summed E-state index contributed by atoms with van der Waals surface area (Å²) in [5, 5.41) is 22.9. The fourth-order valence-electron chi connectivity index (χ4n) is 7.21. The van der Waals surface area contributed by atoms with E-state index in [9.17, 15) is 19.8 Å². The Morgan fingerprint density at radius 1 is 0.491 bits per heavy atom. The summed E-state index contributed by atoms with van der Waals surface area (Å²) in [5.74, 6) is -0.105. The molecule has 6 heteroatoms. The van der Waals surface area contributed by atoms with Gasteiger partial charge in [0.15, 0.2) is 0 Å². The van der Waals surface area contributed by atoms with Crippen LogP contribution >= 0.6 is 0 Å². The van der Waals surface area contributed by atoms with E-state index in [0.717, 1.165) is 57.8 Å². The van der Waals surface area contributed by atoms with Gasteiger partial charge >= 0.3 is 5.97 Å². The number of unbranched alkanes of at least 4 members (excludes halogenated alkanes) is 31. The van der Waals surface area contributed by atoms with Crippen molar-refractivity contribution < 1.29 is 24.5 Å². The second-order valence-electron chi connectivity index (χ2n) is 16.4. The molecule has 0 heterocycles. The van der Waals surface area contributed by atoms with Crippen molar-refractivity contribution in [2.45, 2.75) is 264 Å². The SMILES string of the molecule is CCCCCCCC/C=C\CCCCCCCC(=O)OCCCCCCCCCCCCCCC(=O)NC(CO)C(O)/C=C/CCCCCCCCCCC. The Bertz CT molecular complexity index is 858. The third kappa shape index (κ3) is 41.8. The van der Waals surface area contributed by atoms with E-state index in [1.54, 1.807) is 6.08 Å². The summed E-state index contributed by atoms with van der Waals surface area (Å²) in [6.07, 6.45) is 51.6. The molecule has 0 aromatic heterocycles. The lowest BCUT2D eigenvalue weighted by Gasteiger charge is -2.20. The molecule has 0 rings (SSSR count). The highest BCUT2D eigenvalue weighted by atomic mass is 16.5. The smallest absolute Gasteiger partial charge is 0.305 e. The number of nitrogens with one attached hydrogen (secondary N) is 1. The maximum atomic E-state index is 12.4. The van der Waals surface area contributed by atoms with Gasteiger partial charge in [0.1, 0.15) is 0 Å². The van der Waals surface area contributed by atoms with Crippen LogP contribution in [0.5, 0.6) is 0 Å². The molecule has 0 aromatic rings. The molecule has 55 heavy (non-hydrogen) atoms. The number of ether oxygens (including phenoxy) is 1. The van der Waals surface area contributed by atoms with Crippen molar-refractivity contribution >= 4 is 11.9 Å². The first kappa shape index (κ1) is 53.3. The molecule has 324 valence electrons. The van der Waals surface area contributed by atoms with E-state index in [-0.39, 0.29) is 18.5 Å². The monoisotopic (exact) mass is 776 g/mol. The number of aliphatic hydroxyl groups is 2. The van der Waals surface area contributed by atoms with Crippen LogP contribution < -0.4 is 5.32 Å². The molecule has 6 nitrogen and oxygen atoms in total. The molecule has 0 bridgehead atoms. The Kier molecular flexibility index (Phi) is 43.7. The van der Waals surface area contributed by atoms with E-state index in [2.05, 4.69) is 31.3 Å². The third-order valence-electron chi connectivity index (χ3n) is 11.0. The molecule has 0 aromatic carbocycles. The van der Waals surface area contributed by atoms with E-state index in [0.29, 0.717) is 19.4 Å². The fourth-order valence-corrected chi connectivity index (χ4v) is 7.21. The minimum Gasteiger partial charge on any atom is -0.466 e. The van der Waals surface area contributed by atoms with Crippen molar-refractivity contribution in [2.24, 2.45) is 0 Å². The molecule has 3 N–H and O–H groups in total. The predicted molar refractivity (Wildman–Crippen MR) is 236 cm³/mol. The van der Waals surface area contributed by atoms with Gasteiger partial charge in [-0.2, -0.15) is 0 Å². The standard InChI is InChI=1S/C49H93NO5/c1-3-5-7-9-11-13-15-16-17-18-23-27-31-35-39-43-49(54)55-44-40-36-32-28-24-20-19-22-26-30-34-38-42-48(53)50-46(45-51)47(52)41-37-33-29-25-21-14-12-10-8-6-4-2/h16-17,37,41,46-47,51-52H,3-15,18-36,38-40,42-45H2,1-2H3,(H,50,53)/b17-16-,41-37+. The number of esters is 1. The van der Waals surface area contributed by atoms with E-state index in [4.69, 9.17) is 4.74 Å². The van der Waals surface area contributed by atoms with Gasteiger partial charge in [-0.1, -0.05) is 205 Å². The van der Waals surface area contributed by atoms with Gasteiger partial charge in [0.25, 0.3) is 0 Å². The zero-order valence-corrected chi connectivity index (χ0v) is 36.7. The van der Waals surface area contributed by atoms with Gasteiger partial charge in [-0.15, -0.1) is 0 Å². The van der Waals surface area contributed by atoms with Gasteiger partial charge < -0.3 is 20.3 Å². The van der Waals surface area contributed by atoms with Crippen LogP contribution in [0.2, 0.25) is 0 Å². The lowest BCUT2D eigenvalue weighted by atomic mass is 10.0. The Balaban J connectivity index is 3.48. The second-order valence-corrected chi connectivity index (χ2v) is 16.4. The molecule has 2 atom stereocenters. The first-order chi connectivity index (χ1) is 27.0. The average Bonchev–Trinajstić information content (AvgIpc) is 3.18. The number of rotatable bonds is 44. The average molecular weight is 776 g/mol. The van der Waals surface area contributed by atoms with E-state index >= 15 is 0 Å². The highest BCUT2D eigenvalue weighted by Gasteiger charge is 2.18. The van der Waals surface area contributed by atoms with Crippen molar-refractivity contribution in [3.8, 4) is 0 Å². The summed E-state index contributed by atoms with van der Waals surface area (Å²) in [6, 6.07) is -0.638. The number of amides is 1. The minimum atomic E-state index is -0.853. The summed E-state index contributed by atoms with van der Waals surface area (Å²) >= 11 is 0. The van der Waals surface area contributed by atoms with Crippen LogP contribution in [0.25, 0.3) is 0 Å². The van der Waals surface area contributed by atoms with Crippen LogP contribution in [-0.2, 0) is 14.3 Å². The number of hydrogen-bond donors (Lipinski definition) is 3. The highest BCUT2D eigenvalue weighted by Crippen LogP contribution is 2.15. The van der Waals surface area contributed by atoms with Crippen LogP contribution in [0.3, 0.4) is 0 Å². The van der Waals surface area contributed by atoms with Gasteiger partial charge in [-0.25, -0.2) is 0 Å². The number of aliphatic hydroxyl groups excluding tert-OH is 2. The summed E-state index contributed by atoms with van der Waals surface area (Å²) in [4.78, 5) is 24.4. The van der Waals surface area contributed by atoms with Crippen molar-refractivity contribution in [1.82, 2.24) is 5.32 Å². The van der Waals surface area contributed by atoms with Crippen LogP contribution in [0.4, 0.5) is 0 Å². The minimum absolute atomic E-state index is 0.0195. The largest absolute Gasteiger partial charge is 0.466 e. The second kappa shape index (κ2) is 45.0. The molecular weight excluding hydrogens is 683 g/mol. The first-order valence-electron chi connectivity index (χ1n) is 24.1. The van der Waals surface area contributed by atoms with Gasteiger partial charge in [-0.3, -0.25) is 9.59 Å². The van der Waals surface area contributed by atoms with Gasteiger partial charge in [0.05, 0.1) is 25.4 Å². The lowest BCUT2D eigenvalue weighted by Crippen LogP contribution is -2.45. The molecule has 0 aliphatic rings. The molecule has 0 saturated carbocycles. The normalized spacial score (nSPS) is 12.9. The zero-order valence-electron chi connectivity index (χ0n) is 36.7. The molecule has 0 radical (unpaired) electrons. The van der Waals surface area contributed by atoms with Gasteiger partial charge in [0, 0.05) is 12.8 Å². The van der Waals surface area contributed by atoms with Gasteiger partial charge in [-0.05, 0) is 57.8 Å². The Labute approximate surface area is 341 Å². The number of hydrogen-bond acceptors (Lipinski definition) is 5. The Morgan fingerprint density at radius 2 is 0.855 bits per heavy atom. The maximum Gasteiger partial charge on any atom is 0.305 e. The topological polar surface area (TPSA) is 95.9 Å². The molecular formula is C49H93NO5.